The van der Waals surface area contributed by atoms with Crippen LogP contribution in [-0.4, -0.2) is 25.0 Å². The van der Waals surface area contributed by atoms with Crippen molar-refractivity contribution in [1.82, 2.24) is 10.6 Å². The lowest BCUT2D eigenvalue weighted by Crippen LogP contribution is -2.49. The van der Waals surface area contributed by atoms with Crippen molar-refractivity contribution in [1.29, 1.82) is 0 Å². The zero-order chi connectivity index (χ0) is 13.2. The number of carbonyl (C=O) groups is 1. The predicted molar refractivity (Wildman–Crippen MR) is 74.4 cm³/mol. The number of carbonyl (C=O) groups excluding carboxylic acids is 1. The third kappa shape index (κ3) is 2.87. The summed E-state index contributed by atoms with van der Waals surface area (Å²) in [5, 5.41) is 6.68. The molecule has 2 fully saturated rings. The molecule has 0 radical (unpaired) electrons. The second kappa shape index (κ2) is 5.20. The van der Waals surface area contributed by atoms with Gasteiger partial charge in [-0.3, -0.25) is 4.79 Å². The summed E-state index contributed by atoms with van der Waals surface area (Å²) in [7, 11) is 0. The molecule has 1 atom stereocenters. The number of hydrogen-bond donors (Lipinski definition) is 2. The van der Waals surface area contributed by atoms with Crippen molar-refractivity contribution in [2.45, 2.75) is 65.3 Å². The Morgan fingerprint density at radius 1 is 1.28 bits per heavy atom. The first kappa shape index (κ1) is 13.9. The number of amides is 1. The summed E-state index contributed by atoms with van der Waals surface area (Å²) in [6.45, 7) is 8.73. The smallest absolute Gasteiger partial charge is 0.226 e. The molecule has 0 aromatic carbocycles. The molecule has 1 unspecified atom stereocenters. The Morgan fingerprint density at radius 2 is 1.94 bits per heavy atom. The van der Waals surface area contributed by atoms with Crippen molar-refractivity contribution >= 4 is 5.91 Å². The van der Waals surface area contributed by atoms with Gasteiger partial charge < -0.3 is 10.6 Å². The predicted octanol–water partition coefficient (Wildman–Crippen LogP) is 2.46. The van der Waals surface area contributed by atoms with E-state index in [4.69, 9.17) is 0 Å². The van der Waals surface area contributed by atoms with E-state index >= 15 is 0 Å². The lowest BCUT2D eigenvalue weighted by Gasteiger charge is -2.36. The van der Waals surface area contributed by atoms with Crippen molar-refractivity contribution in [2.75, 3.05) is 13.1 Å². The van der Waals surface area contributed by atoms with E-state index in [1.54, 1.807) is 0 Å². The normalized spacial score (nSPS) is 30.1. The van der Waals surface area contributed by atoms with Crippen LogP contribution in [0.3, 0.4) is 0 Å². The topological polar surface area (TPSA) is 41.1 Å². The van der Waals surface area contributed by atoms with Crippen LogP contribution in [0.2, 0.25) is 0 Å². The minimum atomic E-state index is -0.0992. The van der Waals surface area contributed by atoms with Gasteiger partial charge in [-0.1, -0.05) is 20.8 Å². The maximum Gasteiger partial charge on any atom is 0.226 e. The van der Waals surface area contributed by atoms with Gasteiger partial charge in [0.15, 0.2) is 0 Å². The molecule has 1 saturated carbocycles. The van der Waals surface area contributed by atoms with Crippen molar-refractivity contribution < 1.29 is 4.79 Å². The van der Waals surface area contributed by atoms with Crippen LogP contribution in [0, 0.1) is 10.8 Å². The first-order valence-electron chi connectivity index (χ1n) is 7.49. The fourth-order valence-corrected chi connectivity index (χ4v) is 3.54. The van der Waals surface area contributed by atoms with Crippen LogP contribution in [0.1, 0.15) is 59.3 Å². The van der Waals surface area contributed by atoms with E-state index < -0.39 is 0 Å². The Bertz CT molecular complexity index is 306. The molecular weight excluding hydrogens is 224 g/mol. The third-order valence-corrected chi connectivity index (χ3v) is 5.02. The van der Waals surface area contributed by atoms with Crippen LogP contribution in [-0.2, 0) is 4.79 Å². The summed E-state index contributed by atoms with van der Waals surface area (Å²) < 4.78 is 0. The van der Waals surface area contributed by atoms with Crippen LogP contribution in [0.4, 0.5) is 0 Å². The SMILES string of the molecule is CCC1(C(=O)NC2CCC(C)(C)C2)CCNCC1. The van der Waals surface area contributed by atoms with Crippen molar-refractivity contribution in [3.63, 3.8) is 0 Å². The first-order valence-corrected chi connectivity index (χ1v) is 7.49. The Morgan fingerprint density at radius 3 is 2.44 bits per heavy atom. The Kier molecular flexibility index (Phi) is 4.00. The molecule has 1 saturated heterocycles. The zero-order valence-electron chi connectivity index (χ0n) is 12.1. The molecule has 0 bridgehead atoms. The van der Waals surface area contributed by atoms with Gasteiger partial charge in [0, 0.05) is 6.04 Å². The molecule has 1 aliphatic heterocycles. The highest BCUT2D eigenvalue weighted by atomic mass is 16.2. The van der Waals surface area contributed by atoms with Gasteiger partial charge in [0.2, 0.25) is 5.91 Å². The second-order valence-corrected chi connectivity index (χ2v) is 6.96. The summed E-state index contributed by atoms with van der Waals surface area (Å²) in [5.74, 6) is 0.314. The summed E-state index contributed by atoms with van der Waals surface area (Å²) >= 11 is 0. The van der Waals surface area contributed by atoms with Gasteiger partial charge in [-0.15, -0.1) is 0 Å². The van der Waals surface area contributed by atoms with E-state index in [0.29, 0.717) is 17.4 Å². The maximum atomic E-state index is 12.6. The van der Waals surface area contributed by atoms with Crippen molar-refractivity contribution in [3.05, 3.63) is 0 Å². The molecule has 1 amide bonds. The summed E-state index contributed by atoms with van der Waals surface area (Å²) in [6.07, 6.45) is 6.47. The molecule has 3 nitrogen and oxygen atoms in total. The molecule has 1 heterocycles. The summed E-state index contributed by atoms with van der Waals surface area (Å²) in [5.41, 5.74) is 0.309. The van der Waals surface area contributed by atoms with Gasteiger partial charge in [-0.05, 0) is 57.0 Å². The number of hydrogen-bond acceptors (Lipinski definition) is 2. The molecule has 2 rings (SSSR count). The standard InChI is InChI=1S/C15H28N2O/c1-4-15(7-9-16-10-8-15)13(18)17-12-5-6-14(2,3)11-12/h12,16H,4-11H2,1-3H3,(H,17,18). The average Bonchev–Trinajstić information content (AvgIpc) is 2.69. The van der Waals surface area contributed by atoms with Crippen molar-refractivity contribution in [2.24, 2.45) is 10.8 Å². The summed E-state index contributed by atoms with van der Waals surface area (Å²) in [4.78, 5) is 12.6. The molecule has 2 aliphatic rings. The Balaban J connectivity index is 1.94. The van der Waals surface area contributed by atoms with Gasteiger partial charge in [0.05, 0.1) is 5.41 Å². The fourth-order valence-electron chi connectivity index (χ4n) is 3.54. The molecule has 0 aromatic heterocycles. The Hall–Kier alpha value is -0.570. The molecule has 3 heteroatoms. The minimum Gasteiger partial charge on any atom is -0.353 e. The van der Waals surface area contributed by atoms with Crippen LogP contribution < -0.4 is 10.6 Å². The quantitative estimate of drug-likeness (QED) is 0.810. The van der Waals surface area contributed by atoms with E-state index in [9.17, 15) is 4.79 Å². The Labute approximate surface area is 111 Å². The molecule has 2 N–H and O–H groups in total. The second-order valence-electron chi connectivity index (χ2n) is 6.96. The largest absolute Gasteiger partial charge is 0.353 e. The minimum absolute atomic E-state index is 0.0992. The van der Waals surface area contributed by atoms with E-state index in [0.717, 1.165) is 45.2 Å². The average molecular weight is 252 g/mol. The van der Waals surface area contributed by atoms with E-state index in [-0.39, 0.29) is 5.41 Å². The van der Waals surface area contributed by atoms with Gasteiger partial charge >= 0.3 is 0 Å². The van der Waals surface area contributed by atoms with Gasteiger partial charge in [-0.2, -0.15) is 0 Å². The van der Waals surface area contributed by atoms with Crippen LogP contribution >= 0.6 is 0 Å². The van der Waals surface area contributed by atoms with E-state index in [2.05, 4.69) is 31.4 Å². The highest BCUT2D eigenvalue weighted by Gasteiger charge is 2.40. The maximum absolute atomic E-state index is 12.6. The molecule has 0 spiro atoms. The molecule has 0 aromatic rings. The van der Waals surface area contributed by atoms with Gasteiger partial charge in [0.25, 0.3) is 0 Å². The highest BCUT2D eigenvalue weighted by Crippen LogP contribution is 2.38. The number of rotatable bonds is 3. The molecule has 104 valence electrons. The van der Waals surface area contributed by atoms with Crippen molar-refractivity contribution in [3.8, 4) is 0 Å². The third-order valence-electron chi connectivity index (χ3n) is 5.02. The van der Waals surface area contributed by atoms with Gasteiger partial charge in [-0.25, -0.2) is 0 Å². The fraction of sp³-hybridized carbons (Fsp3) is 0.933. The van der Waals surface area contributed by atoms with Crippen LogP contribution in [0.5, 0.6) is 0 Å². The lowest BCUT2D eigenvalue weighted by atomic mass is 9.75. The van der Waals surface area contributed by atoms with E-state index in [1.807, 2.05) is 0 Å². The highest BCUT2D eigenvalue weighted by molar-refractivity contribution is 5.83. The molecule has 18 heavy (non-hydrogen) atoms. The van der Waals surface area contributed by atoms with Crippen LogP contribution in [0.15, 0.2) is 0 Å². The molecule has 1 aliphatic carbocycles. The number of piperidine rings is 1. The monoisotopic (exact) mass is 252 g/mol. The zero-order valence-corrected chi connectivity index (χ0v) is 12.1. The number of nitrogens with one attached hydrogen (secondary N) is 2. The molecular formula is C15H28N2O. The van der Waals surface area contributed by atoms with Gasteiger partial charge in [0.1, 0.15) is 0 Å². The lowest BCUT2D eigenvalue weighted by molar-refractivity contribution is -0.133. The first-order chi connectivity index (χ1) is 8.47. The van der Waals surface area contributed by atoms with E-state index in [1.165, 1.54) is 6.42 Å². The van der Waals surface area contributed by atoms with Crippen LogP contribution in [0.25, 0.3) is 0 Å². The summed E-state index contributed by atoms with van der Waals surface area (Å²) in [6, 6.07) is 0.408.